The van der Waals surface area contributed by atoms with Gasteiger partial charge in [-0.05, 0) is 25.0 Å². The Hall–Kier alpha value is -1.47. The number of halogens is 1. The number of nitrogens with zero attached hydrogens (tertiary/aromatic N) is 2. The molecule has 1 aliphatic heterocycles. The SMILES string of the molecule is CN(C)C(=O)C1CCN(S(=O)(=O)c2ccccc2F)CC1. The highest BCUT2D eigenvalue weighted by Gasteiger charge is 2.33. The Bertz CT molecular complexity index is 623. The van der Waals surface area contributed by atoms with Crippen molar-refractivity contribution in [1.29, 1.82) is 0 Å². The van der Waals surface area contributed by atoms with Gasteiger partial charge in [0, 0.05) is 33.1 Å². The Morgan fingerprint density at radius 2 is 1.81 bits per heavy atom. The van der Waals surface area contributed by atoms with E-state index >= 15 is 0 Å². The lowest BCUT2D eigenvalue weighted by Gasteiger charge is -2.31. The van der Waals surface area contributed by atoms with Crippen molar-refractivity contribution in [3.63, 3.8) is 0 Å². The van der Waals surface area contributed by atoms with E-state index in [4.69, 9.17) is 0 Å². The molecule has 0 unspecified atom stereocenters. The van der Waals surface area contributed by atoms with Gasteiger partial charge in [-0.25, -0.2) is 12.8 Å². The van der Waals surface area contributed by atoms with Crippen LogP contribution in [0.2, 0.25) is 0 Å². The van der Waals surface area contributed by atoms with Crippen molar-refractivity contribution in [2.45, 2.75) is 17.7 Å². The van der Waals surface area contributed by atoms with Gasteiger partial charge in [0.2, 0.25) is 15.9 Å². The Morgan fingerprint density at radius 3 is 2.33 bits per heavy atom. The number of rotatable bonds is 3. The molecule has 0 saturated carbocycles. The number of piperidine rings is 1. The molecule has 0 bridgehead atoms. The van der Waals surface area contributed by atoms with Crippen LogP contribution in [0.5, 0.6) is 0 Å². The molecule has 0 spiro atoms. The zero-order valence-corrected chi connectivity index (χ0v) is 12.9. The maximum absolute atomic E-state index is 13.7. The molecule has 1 heterocycles. The lowest BCUT2D eigenvalue weighted by molar-refractivity contribution is -0.134. The van der Waals surface area contributed by atoms with Crippen LogP contribution in [0.1, 0.15) is 12.8 Å². The monoisotopic (exact) mass is 314 g/mol. The van der Waals surface area contributed by atoms with Crippen LogP contribution in [-0.4, -0.2) is 50.7 Å². The molecule has 1 aromatic carbocycles. The van der Waals surface area contributed by atoms with Gasteiger partial charge < -0.3 is 4.90 Å². The lowest BCUT2D eigenvalue weighted by Crippen LogP contribution is -2.42. The van der Waals surface area contributed by atoms with Crippen LogP contribution in [0, 0.1) is 11.7 Å². The van der Waals surface area contributed by atoms with Gasteiger partial charge >= 0.3 is 0 Å². The molecule has 0 N–H and O–H groups in total. The van der Waals surface area contributed by atoms with Gasteiger partial charge in [-0.1, -0.05) is 12.1 Å². The summed E-state index contributed by atoms with van der Waals surface area (Å²) in [6.07, 6.45) is 0.926. The molecule has 2 rings (SSSR count). The molecule has 1 fully saturated rings. The zero-order chi connectivity index (χ0) is 15.6. The van der Waals surface area contributed by atoms with Crippen LogP contribution in [0.25, 0.3) is 0 Å². The van der Waals surface area contributed by atoms with Crippen LogP contribution in [0.4, 0.5) is 4.39 Å². The minimum Gasteiger partial charge on any atom is -0.349 e. The van der Waals surface area contributed by atoms with E-state index in [2.05, 4.69) is 0 Å². The summed E-state index contributed by atoms with van der Waals surface area (Å²) in [6.45, 7) is 0.474. The summed E-state index contributed by atoms with van der Waals surface area (Å²) in [7, 11) is -0.458. The van der Waals surface area contributed by atoms with E-state index in [0.717, 1.165) is 6.07 Å². The maximum atomic E-state index is 13.7. The van der Waals surface area contributed by atoms with Crippen LogP contribution in [0.3, 0.4) is 0 Å². The molecule has 1 saturated heterocycles. The minimum atomic E-state index is -3.83. The number of amides is 1. The third-order valence-electron chi connectivity index (χ3n) is 3.70. The molecule has 1 amide bonds. The first-order valence-corrected chi connectivity index (χ1v) is 8.24. The molecule has 0 aliphatic carbocycles. The zero-order valence-electron chi connectivity index (χ0n) is 12.1. The molecule has 1 aromatic rings. The Balaban J connectivity index is 2.12. The summed E-state index contributed by atoms with van der Waals surface area (Å²) in [6, 6.07) is 5.35. The Morgan fingerprint density at radius 1 is 1.24 bits per heavy atom. The summed E-state index contributed by atoms with van der Waals surface area (Å²) < 4.78 is 39.8. The standard InChI is InChI=1S/C14H19FN2O3S/c1-16(2)14(18)11-7-9-17(10-8-11)21(19,20)13-6-4-3-5-12(13)15/h3-6,11H,7-10H2,1-2H3. The molecule has 7 heteroatoms. The van der Waals surface area contributed by atoms with Crippen molar-refractivity contribution in [3.8, 4) is 0 Å². The summed E-state index contributed by atoms with van der Waals surface area (Å²) in [5, 5.41) is 0. The second kappa shape index (κ2) is 6.11. The second-order valence-electron chi connectivity index (χ2n) is 5.34. The fourth-order valence-electron chi connectivity index (χ4n) is 2.50. The van der Waals surface area contributed by atoms with E-state index in [0.29, 0.717) is 12.8 Å². The Kier molecular flexibility index (Phi) is 4.63. The van der Waals surface area contributed by atoms with Crippen molar-refractivity contribution < 1.29 is 17.6 Å². The van der Waals surface area contributed by atoms with E-state index in [1.807, 2.05) is 0 Å². The molecule has 5 nitrogen and oxygen atoms in total. The van der Waals surface area contributed by atoms with Crippen molar-refractivity contribution in [2.75, 3.05) is 27.2 Å². The fraction of sp³-hybridized carbons (Fsp3) is 0.500. The predicted molar refractivity (Wildman–Crippen MR) is 76.6 cm³/mol. The van der Waals surface area contributed by atoms with E-state index in [9.17, 15) is 17.6 Å². The molecule has 0 aromatic heterocycles. The molecule has 0 radical (unpaired) electrons. The number of benzene rings is 1. The number of carbonyl (C=O) groups excluding carboxylic acids is 1. The summed E-state index contributed by atoms with van der Waals surface area (Å²) >= 11 is 0. The molecular weight excluding hydrogens is 295 g/mol. The van der Waals surface area contributed by atoms with Crippen LogP contribution >= 0.6 is 0 Å². The summed E-state index contributed by atoms with van der Waals surface area (Å²) in [4.78, 5) is 13.1. The fourth-order valence-corrected chi connectivity index (χ4v) is 4.04. The van der Waals surface area contributed by atoms with E-state index in [-0.39, 0.29) is 29.8 Å². The van der Waals surface area contributed by atoms with Crippen LogP contribution < -0.4 is 0 Å². The molecule has 0 atom stereocenters. The van der Waals surface area contributed by atoms with Gasteiger partial charge in [-0.2, -0.15) is 4.31 Å². The first-order valence-electron chi connectivity index (χ1n) is 6.80. The first kappa shape index (κ1) is 15.9. The number of hydrogen-bond acceptors (Lipinski definition) is 3. The predicted octanol–water partition coefficient (Wildman–Crippen LogP) is 1.31. The quantitative estimate of drug-likeness (QED) is 0.845. The average molecular weight is 314 g/mol. The highest BCUT2D eigenvalue weighted by Crippen LogP contribution is 2.25. The molecule has 21 heavy (non-hydrogen) atoms. The molecule has 1 aliphatic rings. The number of hydrogen-bond donors (Lipinski definition) is 0. The third kappa shape index (κ3) is 3.24. The van der Waals surface area contributed by atoms with E-state index < -0.39 is 15.8 Å². The van der Waals surface area contributed by atoms with Crippen molar-refractivity contribution in [1.82, 2.24) is 9.21 Å². The highest BCUT2D eigenvalue weighted by atomic mass is 32.2. The van der Waals surface area contributed by atoms with Crippen molar-refractivity contribution >= 4 is 15.9 Å². The van der Waals surface area contributed by atoms with Gasteiger partial charge in [0.15, 0.2) is 0 Å². The van der Waals surface area contributed by atoms with Crippen LogP contribution in [-0.2, 0) is 14.8 Å². The van der Waals surface area contributed by atoms with Crippen LogP contribution in [0.15, 0.2) is 29.2 Å². The Labute approximate surface area is 124 Å². The minimum absolute atomic E-state index is 0.0120. The highest BCUT2D eigenvalue weighted by molar-refractivity contribution is 7.89. The summed E-state index contributed by atoms with van der Waals surface area (Å²) in [5.41, 5.74) is 0. The van der Waals surface area contributed by atoms with Gasteiger partial charge in [0.25, 0.3) is 0 Å². The molecular formula is C14H19FN2O3S. The first-order chi connectivity index (χ1) is 9.84. The van der Waals surface area contributed by atoms with E-state index in [1.165, 1.54) is 27.4 Å². The molecule has 116 valence electrons. The third-order valence-corrected chi connectivity index (χ3v) is 5.63. The number of carbonyl (C=O) groups is 1. The topological polar surface area (TPSA) is 57.7 Å². The van der Waals surface area contributed by atoms with Gasteiger partial charge in [0.05, 0.1) is 0 Å². The largest absolute Gasteiger partial charge is 0.349 e. The van der Waals surface area contributed by atoms with Gasteiger partial charge in [0.1, 0.15) is 10.7 Å². The second-order valence-corrected chi connectivity index (χ2v) is 7.25. The average Bonchev–Trinajstić information content (AvgIpc) is 2.46. The smallest absolute Gasteiger partial charge is 0.245 e. The van der Waals surface area contributed by atoms with E-state index in [1.54, 1.807) is 14.1 Å². The summed E-state index contributed by atoms with van der Waals surface area (Å²) in [5.74, 6) is -0.894. The van der Waals surface area contributed by atoms with Crippen molar-refractivity contribution in [2.24, 2.45) is 5.92 Å². The lowest BCUT2D eigenvalue weighted by atomic mass is 9.97. The van der Waals surface area contributed by atoms with Crippen molar-refractivity contribution in [3.05, 3.63) is 30.1 Å². The normalized spacial score (nSPS) is 17.7. The maximum Gasteiger partial charge on any atom is 0.245 e. The van der Waals surface area contributed by atoms with Gasteiger partial charge in [-0.3, -0.25) is 4.79 Å². The number of sulfonamides is 1. The van der Waals surface area contributed by atoms with Gasteiger partial charge in [-0.15, -0.1) is 0 Å².